The maximum absolute atomic E-state index is 13.0. The topological polar surface area (TPSA) is 72.8 Å². The summed E-state index contributed by atoms with van der Waals surface area (Å²) in [7, 11) is 0. The molecule has 5 aromatic rings. The normalized spacial score (nSPS) is 10.3. The third kappa shape index (κ3) is 6.26. The third-order valence-corrected chi connectivity index (χ3v) is 5.96. The van der Waals surface area contributed by atoms with Gasteiger partial charge in [0.1, 0.15) is 5.82 Å². The SMILES string of the molecule is CC.CC.CCOC(=O)c1[nH]c2cc(Cl)ccc2c1-n1c(Cc2ccc(Cl)cc2)nnc1-c1ccccc1. The summed E-state index contributed by atoms with van der Waals surface area (Å²) in [5.74, 6) is 0.823. The summed E-state index contributed by atoms with van der Waals surface area (Å²) in [6.45, 7) is 10.0. The Balaban J connectivity index is 0.000000956. The van der Waals surface area contributed by atoms with Gasteiger partial charge in [0.25, 0.3) is 0 Å². The summed E-state index contributed by atoms with van der Waals surface area (Å²) >= 11 is 12.3. The molecule has 0 aliphatic rings. The number of esters is 1. The molecule has 3 aromatic carbocycles. The number of halogens is 2. The number of nitrogens with zero attached hydrogens (tertiary/aromatic N) is 3. The van der Waals surface area contributed by atoms with E-state index in [4.69, 9.17) is 27.9 Å². The van der Waals surface area contributed by atoms with Crippen LogP contribution >= 0.6 is 23.2 Å². The first kappa shape index (κ1) is 29.0. The Morgan fingerprint density at radius 2 is 1.55 bits per heavy atom. The molecule has 8 heteroatoms. The highest BCUT2D eigenvalue weighted by Crippen LogP contribution is 2.33. The van der Waals surface area contributed by atoms with Crippen LogP contribution in [0, 0.1) is 0 Å². The van der Waals surface area contributed by atoms with Crippen molar-refractivity contribution in [2.24, 2.45) is 0 Å². The van der Waals surface area contributed by atoms with Crippen LogP contribution in [0.2, 0.25) is 10.0 Å². The van der Waals surface area contributed by atoms with Crippen molar-refractivity contribution in [3.05, 3.63) is 99.9 Å². The molecule has 0 aliphatic carbocycles. The highest BCUT2D eigenvalue weighted by Gasteiger charge is 2.26. The molecule has 2 aromatic heterocycles. The van der Waals surface area contributed by atoms with Crippen molar-refractivity contribution in [1.29, 1.82) is 0 Å². The first-order valence-corrected chi connectivity index (χ1v) is 13.5. The molecule has 0 spiro atoms. The Hall–Kier alpha value is -3.61. The van der Waals surface area contributed by atoms with Gasteiger partial charge < -0.3 is 9.72 Å². The molecule has 0 aliphatic heterocycles. The van der Waals surface area contributed by atoms with Gasteiger partial charge in [-0.25, -0.2) is 4.79 Å². The number of H-pyrrole nitrogens is 1. The largest absolute Gasteiger partial charge is 0.461 e. The number of hydrogen-bond acceptors (Lipinski definition) is 4. The monoisotopic (exact) mass is 550 g/mol. The number of benzene rings is 3. The van der Waals surface area contributed by atoms with Crippen molar-refractivity contribution in [1.82, 2.24) is 19.7 Å². The molecule has 0 bridgehead atoms. The van der Waals surface area contributed by atoms with Gasteiger partial charge in [0, 0.05) is 32.9 Å². The quantitative estimate of drug-likeness (QED) is 0.215. The zero-order valence-electron chi connectivity index (χ0n) is 22.3. The van der Waals surface area contributed by atoms with Gasteiger partial charge in [0.2, 0.25) is 0 Å². The van der Waals surface area contributed by atoms with E-state index < -0.39 is 5.97 Å². The number of rotatable bonds is 6. The van der Waals surface area contributed by atoms with Gasteiger partial charge in [-0.15, -0.1) is 10.2 Å². The van der Waals surface area contributed by atoms with Crippen molar-refractivity contribution in [3.8, 4) is 17.1 Å². The molecule has 0 radical (unpaired) electrons. The van der Waals surface area contributed by atoms with Crippen LogP contribution in [0.25, 0.3) is 28.0 Å². The minimum Gasteiger partial charge on any atom is -0.461 e. The zero-order chi connectivity index (χ0) is 27.7. The summed E-state index contributed by atoms with van der Waals surface area (Å²) in [5, 5.41) is 11.1. The number of fused-ring (bicyclic) bond motifs is 1. The van der Waals surface area contributed by atoms with Crippen LogP contribution < -0.4 is 0 Å². The summed E-state index contributed by atoms with van der Waals surface area (Å²) in [6, 6.07) is 22.8. The van der Waals surface area contributed by atoms with Crippen LogP contribution in [0.4, 0.5) is 0 Å². The summed E-state index contributed by atoms with van der Waals surface area (Å²) in [6.07, 6.45) is 0.486. The van der Waals surface area contributed by atoms with Crippen LogP contribution in [0.1, 0.15) is 56.5 Å². The maximum atomic E-state index is 13.0. The molecule has 198 valence electrons. The summed E-state index contributed by atoms with van der Waals surface area (Å²) in [4.78, 5) is 16.2. The molecule has 0 amide bonds. The molecular formula is C30H32Cl2N4O2. The molecular weight excluding hydrogens is 519 g/mol. The van der Waals surface area contributed by atoms with E-state index >= 15 is 0 Å². The number of ether oxygens (including phenoxy) is 1. The van der Waals surface area contributed by atoms with Crippen LogP contribution in [-0.4, -0.2) is 32.3 Å². The van der Waals surface area contributed by atoms with Crippen LogP contribution in [-0.2, 0) is 11.2 Å². The van der Waals surface area contributed by atoms with Gasteiger partial charge in [0.15, 0.2) is 11.5 Å². The Morgan fingerprint density at radius 3 is 2.21 bits per heavy atom. The standard InChI is InChI=1S/C26H20Cl2N4O2.2C2H6/c1-2-34-26(33)23-24(20-13-12-19(28)15-21(20)29-23)32-22(14-16-8-10-18(27)11-9-16)30-31-25(32)17-6-4-3-5-7-17;2*1-2/h3-13,15,29H,2,14H2,1H3;2*1-2H3. The molecule has 38 heavy (non-hydrogen) atoms. The van der Waals surface area contributed by atoms with Crippen LogP contribution in [0.5, 0.6) is 0 Å². The van der Waals surface area contributed by atoms with E-state index in [2.05, 4.69) is 15.2 Å². The fraction of sp³-hybridized carbons (Fsp3) is 0.233. The van der Waals surface area contributed by atoms with Crippen molar-refractivity contribution < 1.29 is 9.53 Å². The van der Waals surface area contributed by atoms with E-state index in [9.17, 15) is 4.79 Å². The molecule has 0 fully saturated rings. The number of hydrogen-bond donors (Lipinski definition) is 1. The van der Waals surface area contributed by atoms with Gasteiger partial charge in [0.05, 0.1) is 12.3 Å². The van der Waals surface area contributed by atoms with Gasteiger partial charge >= 0.3 is 5.97 Å². The maximum Gasteiger partial charge on any atom is 0.356 e. The molecule has 0 unspecified atom stereocenters. The van der Waals surface area contributed by atoms with E-state index in [1.807, 2.05) is 92.9 Å². The molecule has 5 rings (SSSR count). The number of carbonyl (C=O) groups is 1. The predicted octanol–water partition coefficient (Wildman–Crippen LogP) is 8.54. The van der Waals surface area contributed by atoms with Crippen LogP contribution in [0.3, 0.4) is 0 Å². The minimum atomic E-state index is -0.463. The molecule has 0 atom stereocenters. The Labute approximate surface area is 233 Å². The Kier molecular flexibility index (Phi) is 10.5. The van der Waals surface area contributed by atoms with Crippen molar-refractivity contribution in [2.75, 3.05) is 6.61 Å². The van der Waals surface area contributed by atoms with Crippen molar-refractivity contribution in [2.45, 2.75) is 41.0 Å². The fourth-order valence-corrected chi connectivity index (χ4v) is 4.26. The number of nitrogens with one attached hydrogen (secondary N) is 1. The lowest BCUT2D eigenvalue weighted by Crippen LogP contribution is -2.12. The summed E-state index contributed by atoms with van der Waals surface area (Å²) < 4.78 is 7.29. The second-order valence-electron chi connectivity index (χ2n) is 7.70. The lowest BCUT2D eigenvalue weighted by atomic mass is 10.1. The van der Waals surface area contributed by atoms with Gasteiger partial charge in [-0.2, -0.15) is 0 Å². The highest BCUT2D eigenvalue weighted by atomic mass is 35.5. The number of aromatic amines is 1. The van der Waals surface area contributed by atoms with Gasteiger partial charge in [-0.05, 0) is 42.8 Å². The summed E-state index contributed by atoms with van der Waals surface area (Å²) in [5.41, 5.74) is 3.54. The van der Waals surface area contributed by atoms with E-state index in [-0.39, 0.29) is 6.61 Å². The molecule has 0 saturated heterocycles. The second-order valence-corrected chi connectivity index (χ2v) is 8.58. The van der Waals surface area contributed by atoms with E-state index in [1.165, 1.54) is 0 Å². The minimum absolute atomic E-state index is 0.250. The second kappa shape index (κ2) is 13.8. The average Bonchev–Trinajstić information content (AvgIpc) is 3.53. The van der Waals surface area contributed by atoms with E-state index in [1.54, 1.807) is 19.1 Å². The smallest absolute Gasteiger partial charge is 0.356 e. The van der Waals surface area contributed by atoms with Crippen LogP contribution in [0.15, 0.2) is 72.8 Å². The van der Waals surface area contributed by atoms with Gasteiger partial charge in [-0.3, -0.25) is 4.57 Å². The molecule has 1 N–H and O–H groups in total. The lowest BCUT2D eigenvalue weighted by Gasteiger charge is -2.12. The van der Waals surface area contributed by atoms with Gasteiger partial charge in [-0.1, -0.05) is 93.4 Å². The molecule has 2 heterocycles. The van der Waals surface area contributed by atoms with Crippen molar-refractivity contribution >= 4 is 40.1 Å². The Bertz CT molecular complexity index is 1480. The van der Waals surface area contributed by atoms with E-state index in [0.717, 1.165) is 22.0 Å². The van der Waals surface area contributed by atoms with Crippen molar-refractivity contribution in [3.63, 3.8) is 0 Å². The Morgan fingerprint density at radius 1 is 0.895 bits per heavy atom. The molecule has 6 nitrogen and oxygen atoms in total. The average molecular weight is 552 g/mol. The number of aromatic nitrogens is 4. The van der Waals surface area contributed by atoms with E-state index in [0.29, 0.717) is 39.5 Å². The number of carbonyl (C=O) groups excluding carboxylic acids is 1. The lowest BCUT2D eigenvalue weighted by molar-refractivity contribution is 0.0520. The third-order valence-electron chi connectivity index (χ3n) is 5.47. The predicted molar refractivity (Wildman–Crippen MR) is 157 cm³/mol. The fourth-order valence-electron chi connectivity index (χ4n) is 3.96. The zero-order valence-corrected chi connectivity index (χ0v) is 23.8. The molecule has 0 saturated carbocycles. The highest BCUT2D eigenvalue weighted by molar-refractivity contribution is 6.31. The first-order chi connectivity index (χ1) is 18.5. The first-order valence-electron chi connectivity index (χ1n) is 12.8.